The average Bonchev–Trinajstić information content (AvgIpc) is 2.53. The van der Waals surface area contributed by atoms with E-state index in [4.69, 9.17) is 5.73 Å². The molecule has 0 aliphatic rings. The lowest BCUT2D eigenvalue weighted by Crippen LogP contribution is -2.09. The number of hydrogen-bond acceptors (Lipinski definition) is 1. The van der Waals surface area contributed by atoms with E-state index in [-0.39, 0.29) is 5.91 Å². The Kier molecular flexibility index (Phi) is 15.1. The molecule has 2 aromatic rings. The average molecular weight is 273 g/mol. The number of benzene rings is 2. The maximum atomic E-state index is 10.4. The molecule has 2 rings (SSSR count). The lowest BCUT2D eigenvalue weighted by Gasteiger charge is -1.89. The highest BCUT2D eigenvalue weighted by Gasteiger charge is 1.93. The number of carbonyl (C=O) groups is 1. The van der Waals surface area contributed by atoms with Crippen LogP contribution in [-0.4, -0.2) is 5.91 Å². The Morgan fingerprint density at radius 3 is 1.30 bits per heavy atom. The third-order valence-corrected chi connectivity index (χ3v) is 2.00. The van der Waals surface area contributed by atoms with Crippen LogP contribution >= 0.6 is 0 Å². The molecule has 110 valence electrons. The Morgan fingerprint density at radius 1 is 0.750 bits per heavy atom. The Morgan fingerprint density at radius 2 is 1.10 bits per heavy atom. The van der Waals surface area contributed by atoms with Crippen molar-refractivity contribution in [2.45, 2.75) is 34.6 Å². The Balaban J connectivity index is 0. The van der Waals surface area contributed by atoms with Crippen molar-refractivity contribution in [3.8, 4) is 0 Å². The number of hydrogen-bond donors (Lipinski definition) is 1. The summed E-state index contributed by atoms with van der Waals surface area (Å²) in [7, 11) is 0. The molecule has 0 atom stereocenters. The molecule has 0 saturated heterocycles. The smallest absolute Gasteiger partial charge is 0.248 e. The fraction of sp³-hybridized carbons (Fsp3) is 0.278. The molecule has 0 fully saturated rings. The summed E-state index contributed by atoms with van der Waals surface area (Å²) < 4.78 is 0. The molecular formula is C18H27NO. The number of aryl methyl sites for hydroxylation is 1. The van der Waals surface area contributed by atoms with Gasteiger partial charge in [0.25, 0.3) is 0 Å². The quantitative estimate of drug-likeness (QED) is 0.794. The van der Waals surface area contributed by atoms with Crippen LogP contribution in [0.2, 0.25) is 0 Å². The van der Waals surface area contributed by atoms with E-state index in [0.717, 1.165) is 0 Å². The van der Waals surface area contributed by atoms with Crippen molar-refractivity contribution in [2.24, 2.45) is 5.73 Å². The van der Waals surface area contributed by atoms with Crippen LogP contribution in [0.15, 0.2) is 60.7 Å². The van der Waals surface area contributed by atoms with Gasteiger partial charge in [-0.1, -0.05) is 81.8 Å². The van der Waals surface area contributed by atoms with Crippen LogP contribution in [0.3, 0.4) is 0 Å². The van der Waals surface area contributed by atoms with E-state index in [9.17, 15) is 4.79 Å². The molecule has 2 aromatic carbocycles. The molecular weight excluding hydrogens is 246 g/mol. The van der Waals surface area contributed by atoms with E-state index in [1.807, 2.05) is 52.0 Å². The fourth-order valence-corrected chi connectivity index (χ4v) is 1.14. The van der Waals surface area contributed by atoms with E-state index < -0.39 is 0 Å². The molecule has 20 heavy (non-hydrogen) atoms. The monoisotopic (exact) mass is 273 g/mol. The van der Waals surface area contributed by atoms with Crippen molar-refractivity contribution in [3.63, 3.8) is 0 Å². The largest absolute Gasteiger partial charge is 0.366 e. The van der Waals surface area contributed by atoms with Gasteiger partial charge in [0, 0.05) is 5.56 Å². The second-order valence-electron chi connectivity index (χ2n) is 3.38. The van der Waals surface area contributed by atoms with Crippen LogP contribution in [0, 0.1) is 6.92 Å². The minimum Gasteiger partial charge on any atom is -0.366 e. The normalized spacial score (nSPS) is 7.65. The van der Waals surface area contributed by atoms with Gasteiger partial charge < -0.3 is 5.73 Å². The molecule has 0 aromatic heterocycles. The maximum Gasteiger partial charge on any atom is 0.248 e. The summed E-state index contributed by atoms with van der Waals surface area (Å²) in [6.45, 7) is 10.1. The van der Waals surface area contributed by atoms with Gasteiger partial charge in [0.05, 0.1) is 0 Å². The summed E-state index contributed by atoms with van der Waals surface area (Å²) in [5.74, 6) is -0.379. The van der Waals surface area contributed by atoms with Crippen molar-refractivity contribution < 1.29 is 4.79 Å². The first-order chi connectivity index (χ1) is 9.70. The van der Waals surface area contributed by atoms with Crippen LogP contribution in [-0.2, 0) is 0 Å². The highest BCUT2D eigenvalue weighted by atomic mass is 16.1. The minimum atomic E-state index is -0.379. The summed E-state index contributed by atoms with van der Waals surface area (Å²) in [6.07, 6.45) is 0. The Labute approximate surface area is 123 Å². The van der Waals surface area contributed by atoms with Gasteiger partial charge in [0.2, 0.25) is 5.91 Å². The van der Waals surface area contributed by atoms with E-state index in [1.54, 1.807) is 24.3 Å². The highest BCUT2D eigenvalue weighted by molar-refractivity contribution is 5.92. The number of carbonyl (C=O) groups excluding carboxylic acids is 1. The molecule has 2 N–H and O–H groups in total. The highest BCUT2D eigenvalue weighted by Crippen LogP contribution is 1.94. The number of rotatable bonds is 1. The summed E-state index contributed by atoms with van der Waals surface area (Å²) in [5.41, 5.74) is 6.85. The van der Waals surface area contributed by atoms with Crippen molar-refractivity contribution in [1.29, 1.82) is 0 Å². The first-order valence-electron chi connectivity index (χ1n) is 7.06. The zero-order valence-corrected chi connectivity index (χ0v) is 13.3. The summed E-state index contributed by atoms with van der Waals surface area (Å²) in [4.78, 5) is 10.4. The predicted octanol–water partition coefficient (Wildman–Crippen LogP) is 4.83. The number of primary amides is 1. The Bertz CT molecular complexity index is 424. The van der Waals surface area contributed by atoms with E-state index >= 15 is 0 Å². The number of nitrogens with two attached hydrogens (primary N) is 1. The lowest BCUT2D eigenvalue weighted by molar-refractivity contribution is 0.100. The van der Waals surface area contributed by atoms with Crippen LogP contribution in [0.5, 0.6) is 0 Å². The third kappa shape index (κ3) is 11.0. The van der Waals surface area contributed by atoms with Gasteiger partial charge in [-0.15, -0.1) is 0 Å². The van der Waals surface area contributed by atoms with E-state index in [0.29, 0.717) is 5.56 Å². The van der Waals surface area contributed by atoms with Crippen molar-refractivity contribution in [3.05, 3.63) is 71.8 Å². The van der Waals surface area contributed by atoms with Gasteiger partial charge in [-0.2, -0.15) is 0 Å². The van der Waals surface area contributed by atoms with Gasteiger partial charge in [-0.3, -0.25) is 4.79 Å². The van der Waals surface area contributed by atoms with E-state index in [1.165, 1.54) is 5.56 Å². The third-order valence-electron chi connectivity index (χ3n) is 2.00. The van der Waals surface area contributed by atoms with Crippen molar-refractivity contribution >= 4 is 5.91 Å². The van der Waals surface area contributed by atoms with Crippen LogP contribution in [0.1, 0.15) is 43.6 Å². The van der Waals surface area contributed by atoms with Crippen molar-refractivity contribution in [2.75, 3.05) is 0 Å². The summed E-state index contributed by atoms with van der Waals surface area (Å²) in [5, 5.41) is 0. The molecule has 1 amide bonds. The molecule has 0 unspecified atom stereocenters. The van der Waals surface area contributed by atoms with Crippen molar-refractivity contribution in [1.82, 2.24) is 0 Å². The molecule has 0 saturated carbocycles. The van der Waals surface area contributed by atoms with Gasteiger partial charge in [0.15, 0.2) is 0 Å². The second-order valence-corrected chi connectivity index (χ2v) is 3.38. The van der Waals surface area contributed by atoms with Crippen LogP contribution < -0.4 is 5.73 Å². The second kappa shape index (κ2) is 15.0. The maximum absolute atomic E-state index is 10.4. The van der Waals surface area contributed by atoms with Gasteiger partial charge in [-0.05, 0) is 19.1 Å². The zero-order valence-electron chi connectivity index (χ0n) is 13.3. The summed E-state index contributed by atoms with van der Waals surface area (Å²) >= 11 is 0. The van der Waals surface area contributed by atoms with Gasteiger partial charge in [-0.25, -0.2) is 0 Å². The molecule has 0 aliphatic carbocycles. The van der Waals surface area contributed by atoms with Gasteiger partial charge in [0.1, 0.15) is 0 Å². The first kappa shape index (κ1) is 20.2. The zero-order chi connectivity index (χ0) is 15.8. The van der Waals surface area contributed by atoms with Gasteiger partial charge >= 0.3 is 0 Å². The van der Waals surface area contributed by atoms with Crippen LogP contribution in [0.25, 0.3) is 0 Å². The molecule has 2 heteroatoms. The minimum absolute atomic E-state index is 0.379. The molecule has 0 heterocycles. The predicted molar refractivity (Wildman–Crippen MR) is 88.8 cm³/mol. The van der Waals surface area contributed by atoms with Crippen LogP contribution in [0.4, 0.5) is 0 Å². The molecule has 2 nitrogen and oxygen atoms in total. The first-order valence-corrected chi connectivity index (χ1v) is 7.06. The lowest BCUT2D eigenvalue weighted by atomic mass is 10.2. The fourth-order valence-electron chi connectivity index (χ4n) is 1.14. The molecule has 0 aliphatic heterocycles. The summed E-state index contributed by atoms with van der Waals surface area (Å²) in [6, 6.07) is 19.0. The van der Waals surface area contributed by atoms with E-state index in [2.05, 4.69) is 19.1 Å². The molecule has 0 bridgehead atoms. The molecule has 0 radical (unpaired) electrons. The standard InChI is InChI=1S/C7H7NO.C7H8.2C2H6/c8-7(9)6-4-2-1-3-5-6;1-7-5-3-2-4-6-7;2*1-2/h1-5H,(H2,8,9);2-6H,1H3;2*1-2H3. The Hall–Kier alpha value is -2.09. The molecule has 0 spiro atoms. The topological polar surface area (TPSA) is 43.1 Å². The SMILES string of the molecule is CC.CC.Cc1ccccc1.NC(=O)c1ccccc1. The number of amides is 1.